The van der Waals surface area contributed by atoms with E-state index in [4.69, 9.17) is 0 Å². The number of benzene rings is 1. The Kier molecular flexibility index (Phi) is 2.83. The normalized spacial score (nSPS) is 29.0. The van der Waals surface area contributed by atoms with E-state index in [1.165, 1.54) is 12.0 Å². The number of aliphatic hydroxyl groups is 1. The smallest absolute Gasteiger partial charge is 0.0901 e. The van der Waals surface area contributed by atoms with Crippen molar-refractivity contribution in [2.24, 2.45) is 5.41 Å². The Morgan fingerprint density at radius 1 is 1.19 bits per heavy atom. The number of rotatable bonds is 1. The molecular formula is C15H22O. The van der Waals surface area contributed by atoms with Crippen molar-refractivity contribution in [3.63, 3.8) is 0 Å². The fourth-order valence-corrected chi connectivity index (χ4v) is 3.01. The lowest BCUT2D eigenvalue weighted by Gasteiger charge is -2.42. The molecule has 0 heterocycles. The minimum Gasteiger partial charge on any atom is -0.385 e. The van der Waals surface area contributed by atoms with Gasteiger partial charge in [0, 0.05) is 0 Å². The zero-order chi connectivity index (χ0) is 11.8. The van der Waals surface area contributed by atoms with Crippen molar-refractivity contribution in [3.05, 3.63) is 35.4 Å². The fraction of sp³-hybridized carbons (Fsp3) is 0.600. The maximum absolute atomic E-state index is 10.8. The van der Waals surface area contributed by atoms with Gasteiger partial charge in [-0.25, -0.2) is 0 Å². The summed E-state index contributed by atoms with van der Waals surface area (Å²) in [6.45, 7) is 6.60. The van der Waals surface area contributed by atoms with E-state index in [1.54, 1.807) is 0 Å². The van der Waals surface area contributed by atoms with Crippen molar-refractivity contribution in [3.8, 4) is 0 Å². The predicted octanol–water partition coefficient (Wildman–Crippen LogP) is 3.78. The third-order valence-electron chi connectivity index (χ3n) is 3.77. The first-order chi connectivity index (χ1) is 7.41. The molecule has 16 heavy (non-hydrogen) atoms. The highest BCUT2D eigenvalue weighted by Crippen LogP contribution is 2.46. The van der Waals surface area contributed by atoms with E-state index >= 15 is 0 Å². The summed E-state index contributed by atoms with van der Waals surface area (Å²) in [7, 11) is 0. The quantitative estimate of drug-likeness (QED) is 0.760. The molecule has 0 bridgehead atoms. The Morgan fingerprint density at radius 2 is 1.94 bits per heavy atom. The molecule has 1 nitrogen and oxygen atoms in total. The second-order valence-electron chi connectivity index (χ2n) is 6.10. The first-order valence-corrected chi connectivity index (χ1v) is 6.21. The van der Waals surface area contributed by atoms with Crippen LogP contribution < -0.4 is 0 Å². The zero-order valence-corrected chi connectivity index (χ0v) is 10.6. The molecule has 1 aliphatic rings. The molecule has 0 radical (unpaired) electrons. The summed E-state index contributed by atoms with van der Waals surface area (Å²) >= 11 is 0. The molecule has 1 saturated carbocycles. The molecule has 0 spiro atoms. The van der Waals surface area contributed by atoms with Crippen molar-refractivity contribution < 1.29 is 5.11 Å². The minimum absolute atomic E-state index is 0.261. The molecule has 2 rings (SSSR count). The van der Waals surface area contributed by atoms with Gasteiger partial charge in [-0.15, -0.1) is 0 Å². The second-order valence-corrected chi connectivity index (χ2v) is 6.10. The Labute approximate surface area is 98.5 Å². The number of hydrogen-bond acceptors (Lipinski definition) is 1. The van der Waals surface area contributed by atoms with E-state index in [2.05, 4.69) is 39.0 Å². The van der Waals surface area contributed by atoms with E-state index in [0.717, 1.165) is 24.8 Å². The van der Waals surface area contributed by atoms with Crippen LogP contribution in [0.3, 0.4) is 0 Å². The van der Waals surface area contributed by atoms with Crippen molar-refractivity contribution in [2.45, 2.75) is 52.1 Å². The van der Waals surface area contributed by atoms with Crippen LogP contribution in [-0.2, 0) is 5.60 Å². The molecule has 1 fully saturated rings. The van der Waals surface area contributed by atoms with Crippen molar-refractivity contribution in [2.75, 3.05) is 0 Å². The molecule has 1 heteroatoms. The maximum Gasteiger partial charge on any atom is 0.0901 e. The van der Waals surface area contributed by atoms with Crippen LogP contribution in [0.15, 0.2) is 24.3 Å². The van der Waals surface area contributed by atoms with Crippen LogP contribution >= 0.6 is 0 Å². The summed E-state index contributed by atoms with van der Waals surface area (Å²) in [5.74, 6) is 0. The molecule has 0 aliphatic heterocycles. The van der Waals surface area contributed by atoms with Gasteiger partial charge in [0.05, 0.1) is 5.60 Å². The monoisotopic (exact) mass is 218 g/mol. The summed E-state index contributed by atoms with van der Waals surface area (Å²) in [6, 6.07) is 8.32. The van der Waals surface area contributed by atoms with Crippen LogP contribution in [0.1, 0.15) is 50.7 Å². The third kappa shape index (κ3) is 2.30. The molecule has 0 amide bonds. The van der Waals surface area contributed by atoms with E-state index in [0.29, 0.717) is 0 Å². The van der Waals surface area contributed by atoms with Crippen molar-refractivity contribution in [1.82, 2.24) is 0 Å². The minimum atomic E-state index is -0.603. The standard InChI is InChI=1S/C15H22O/c1-12-6-4-7-13(10-12)15(16)9-5-8-14(2,3)11-15/h4,6-7,10,16H,5,8-9,11H2,1-3H3. The van der Waals surface area contributed by atoms with Crippen LogP contribution in [0, 0.1) is 12.3 Å². The third-order valence-corrected chi connectivity index (χ3v) is 3.77. The zero-order valence-electron chi connectivity index (χ0n) is 10.6. The van der Waals surface area contributed by atoms with Crippen LogP contribution in [-0.4, -0.2) is 5.11 Å². The number of hydrogen-bond donors (Lipinski definition) is 1. The Hall–Kier alpha value is -0.820. The molecule has 88 valence electrons. The Balaban J connectivity index is 2.31. The highest BCUT2D eigenvalue weighted by Gasteiger charge is 2.39. The van der Waals surface area contributed by atoms with Gasteiger partial charge in [0.15, 0.2) is 0 Å². The summed E-state index contributed by atoms with van der Waals surface area (Å²) in [5.41, 5.74) is 1.99. The average molecular weight is 218 g/mol. The topological polar surface area (TPSA) is 20.2 Å². The lowest BCUT2D eigenvalue weighted by atomic mass is 9.67. The molecule has 1 atom stereocenters. The van der Waals surface area contributed by atoms with Crippen molar-refractivity contribution in [1.29, 1.82) is 0 Å². The lowest BCUT2D eigenvalue weighted by molar-refractivity contribution is -0.0440. The predicted molar refractivity (Wildman–Crippen MR) is 67.3 cm³/mol. The molecule has 1 aliphatic carbocycles. The van der Waals surface area contributed by atoms with Gasteiger partial charge in [0.1, 0.15) is 0 Å². The van der Waals surface area contributed by atoms with Gasteiger partial charge < -0.3 is 5.11 Å². The lowest BCUT2D eigenvalue weighted by Crippen LogP contribution is -2.36. The van der Waals surface area contributed by atoms with Crippen LogP contribution in [0.5, 0.6) is 0 Å². The highest BCUT2D eigenvalue weighted by atomic mass is 16.3. The maximum atomic E-state index is 10.8. The molecule has 0 saturated heterocycles. The van der Waals surface area contributed by atoms with Crippen molar-refractivity contribution >= 4 is 0 Å². The fourth-order valence-electron chi connectivity index (χ4n) is 3.01. The van der Waals surface area contributed by atoms with Crippen LogP contribution in [0.2, 0.25) is 0 Å². The van der Waals surface area contributed by atoms with Gasteiger partial charge in [-0.3, -0.25) is 0 Å². The largest absolute Gasteiger partial charge is 0.385 e. The van der Waals surface area contributed by atoms with E-state index in [9.17, 15) is 5.11 Å². The SMILES string of the molecule is Cc1cccc(C2(O)CCCC(C)(C)C2)c1. The average Bonchev–Trinajstić information content (AvgIpc) is 2.15. The molecular weight excluding hydrogens is 196 g/mol. The summed E-state index contributed by atoms with van der Waals surface area (Å²) in [4.78, 5) is 0. The van der Waals surface area contributed by atoms with E-state index in [-0.39, 0.29) is 5.41 Å². The second kappa shape index (κ2) is 3.89. The highest BCUT2D eigenvalue weighted by molar-refractivity contribution is 5.28. The molecule has 0 aromatic heterocycles. The van der Waals surface area contributed by atoms with Crippen LogP contribution in [0.4, 0.5) is 0 Å². The Bertz CT molecular complexity index is 381. The first-order valence-electron chi connectivity index (χ1n) is 6.21. The van der Waals surface area contributed by atoms with Gasteiger partial charge >= 0.3 is 0 Å². The molecule has 1 unspecified atom stereocenters. The van der Waals surface area contributed by atoms with E-state index < -0.39 is 5.60 Å². The first kappa shape index (κ1) is 11.7. The molecule has 1 aromatic carbocycles. The summed E-state index contributed by atoms with van der Waals surface area (Å²) < 4.78 is 0. The van der Waals surface area contributed by atoms with Gasteiger partial charge in [-0.2, -0.15) is 0 Å². The van der Waals surface area contributed by atoms with E-state index in [1.807, 2.05) is 6.07 Å². The molecule has 1 aromatic rings. The molecule has 1 N–H and O–H groups in total. The summed E-state index contributed by atoms with van der Waals surface area (Å²) in [6.07, 6.45) is 4.13. The van der Waals surface area contributed by atoms with Gasteiger partial charge in [0.2, 0.25) is 0 Å². The summed E-state index contributed by atoms with van der Waals surface area (Å²) in [5, 5.41) is 10.8. The van der Waals surface area contributed by atoms with Gasteiger partial charge in [-0.1, -0.05) is 43.7 Å². The van der Waals surface area contributed by atoms with Crippen LogP contribution in [0.25, 0.3) is 0 Å². The Morgan fingerprint density at radius 3 is 2.56 bits per heavy atom. The van der Waals surface area contributed by atoms with Gasteiger partial charge in [-0.05, 0) is 43.6 Å². The van der Waals surface area contributed by atoms with Gasteiger partial charge in [0.25, 0.3) is 0 Å². The number of aryl methyl sites for hydroxylation is 1.